The van der Waals surface area contributed by atoms with Gasteiger partial charge in [0.1, 0.15) is 10.5 Å². The minimum atomic E-state index is -0.778. The van der Waals surface area contributed by atoms with Gasteiger partial charge in [-0.05, 0) is 0 Å². The molecule has 0 unspecified atom stereocenters. The van der Waals surface area contributed by atoms with Crippen LogP contribution in [0.3, 0.4) is 0 Å². The fourth-order valence-corrected chi connectivity index (χ4v) is 2.51. The summed E-state index contributed by atoms with van der Waals surface area (Å²) in [6.45, 7) is 3.73. The fraction of sp³-hybridized carbons (Fsp3) is 0.154. The molecular weight excluding hydrogens is 328 g/mol. The largest absolute Gasteiger partial charge is 0.380 e. The van der Waals surface area contributed by atoms with E-state index in [1.54, 1.807) is 0 Å². The van der Waals surface area contributed by atoms with Gasteiger partial charge in [0.25, 0.3) is 11.2 Å². The van der Waals surface area contributed by atoms with Gasteiger partial charge in [-0.2, -0.15) is 0 Å². The second kappa shape index (κ2) is 6.05. The van der Waals surface area contributed by atoms with Gasteiger partial charge in [0.15, 0.2) is 0 Å². The van der Waals surface area contributed by atoms with Crippen molar-refractivity contribution in [3.05, 3.63) is 60.4 Å². The van der Waals surface area contributed by atoms with E-state index in [4.69, 9.17) is 11.6 Å². The Labute approximate surface area is 134 Å². The molecule has 0 saturated carbocycles. The number of aryl methyl sites for hydroxylation is 1. The molecule has 1 N–H and O–H groups in total. The summed E-state index contributed by atoms with van der Waals surface area (Å²) in [6, 6.07) is 1.95. The van der Waals surface area contributed by atoms with E-state index < -0.39 is 26.8 Å². The van der Waals surface area contributed by atoms with Crippen molar-refractivity contribution in [2.45, 2.75) is 0 Å². The van der Waals surface area contributed by atoms with E-state index in [0.29, 0.717) is 0 Å². The van der Waals surface area contributed by atoms with Crippen molar-refractivity contribution >= 4 is 39.6 Å². The minimum absolute atomic E-state index is 0.0541. The molecule has 0 radical (unpaired) electrons. The molecule has 0 spiro atoms. The lowest BCUT2D eigenvalue weighted by molar-refractivity contribution is -0.393. The molecule has 10 heteroatoms. The first-order chi connectivity index (χ1) is 10.8. The number of nitrogens with one attached hydrogen (secondary N) is 1. The molecular formula is C13H11ClN4O5. The molecule has 1 aromatic heterocycles. The molecule has 0 fully saturated rings. The summed E-state index contributed by atoms with van der Waals surface area (Å²) < 4.78 is 0.999. The number of rotatable bonds is 5. The van der Waals surface area contributed by atoms with Crippen molar-refractivity contribution < 1.29 is 9.85 Å². The van der Waals surface area contributed by atoms with Crippen LogP contribution in [0.2, 0.25) is 5.02 Å². The van der Waals surface area contributed by atoms with Gasteiger partial charge in [-0.25, -0.2) is 0 Å². The number of benzene rings is 1. The molecule has 0 saturated heterocycles. The Balaban J connectivity index is 3.04. The molecule has 0 aliphatic carbocycles. The Hall–Kier alpha value is -2.94. The smallest absolute Gasteiger partial charge is 0.300 e. The molecule has 2 aromatic rings. The third-order valence-corrected chi connectivity index (χ3v) is 3.57. The number of anilines is 1. The number of nitro benzene ring substituents is 2. The van der Waals surface area contributed by atoms with E-state index in [1.165, 1.54) is 13.1 Å². The average molecular weight is 339 g/mol. The molecule has 0 bridgehead atoms. The Morgan fingerprint density at radius 1 is 1.35 bits per heavy atom. The highest BCUT2D eigenvalue weighted by molar-refractivity contribution is 6.34. The van der Waals surface area contributed by atoms with E-state index in [1.807, 2.05) is 0 Å². The van der Waals surface area contributed by atoms with Crippen LogP contribution in [0.4, 0.5) is 17.1 Å². The summed E-state index contributed by atoms with van der Waals surface area (Å²) in [6.07, 6.45) is 1.49. The summed E-state index contributed by atoms with van der Waals surface area (Å²) in [5.74, 6) is 0. The first kappa shape index (κ1) is 16.4. The van der Waals surface area contributed by atoms with Crippen LogP contribution < -0.4 is 10.9 Å². The first-order valence-electron chi connectivity index (χ1n) is 6.29. The van der Waals surface area contributed by atoms with Crippen LogP contribution in [0.1, 0.15) is 0 Å². The molecule has 0 amide bonds. The van der Waals surface area contributed by atoms with Gasteiger partial charge in [0.2, 0.25) is 0 Å². The van der Waals surface area contributed by atoms with E-state index >= 15 is 0 Å². The maximum atomic E-state index is 12.2. The van der Waals surface area contributed by atoms with Crippen LogP contribution in [0.25, 0.3) is 10.9 Å². The van der Waals surface area contributed by atoms with Crippen molar-refractivity contribution in [3.63, 3.8) is 0 Å². The zero-order valence-electron chi connectivity index (χ0n) is 11.9. The lowest BCUT2D eigenvalue weighted by atomic mass is 10.1. The third kappa shape index (κ3) is 2.73. The quantitative estimate of drug-likeness (QED) is 0.508. The monoisotopic (exact) mass is 338 g/mol. The standard InChI is InChI=1S/C13H11ClN4O5/c1-3-4-15-11-8-5-7(17(20)21)6-9(18(22)23)12(8)16(2)13(19)10(11)14/h3,5-6,15H,1,4H2,2H3. The Morgan fingerprint density at radius 3 is 2.52 bits per heavy atom. The van der Waals surface area contributed by atoms with E-state index in [0.717, 1.165) is 16.7 Å². The van der Waals surface area contributed by atoms with E-state index in [9.17, 15) is 25.0 Å². The molecule has 2 rings (SSSR count). The summed E-state index contributed by atoms with van der Waals surface area (Å²) in [4.78, 5) is 32.9. The molecule has 1 aromatic carbocycles. The van der Waals surface area contributed by atoms with Gasteiger partial charge in [-0.1, -0.05) is 17.7 Å². The Bertz CT molecular complexity index is 906. The fourth-order valence-electron chi connectivity index (χ4n) is 2.21. The number of nitro groups is 2. The lowest BCUT2D eigenvalue weighted by Gasteiger charge is -2.13. The van der Waals surface area contributed by atoms with Crippen LogP contribution in [0.15, 0.2) is 29.6 Å². The number of hydrogen-bond donors (Lipinski definition) is 1. The first-order valence-corrected chi connectivity index (χ1v) is 6.67. The van der Waals surface area contributed by atoms with Crippen LogP contribution in [-0.2, 0) is 7.05 Å². The summed E-state index contributed by atoms with van der Waals surface area (Å²) in [5, 5.41) is 25.0. The summed E-state index contributed by atoms with van der Waals surface area (Å²) in [5.41, 5.74) is -1.63. The van der Waals surface area contributed by atoms with Gasteiger partial charge in [0.05, 0.1) is 21.6 Å². The number of fused-ring (bicyclic) bond motifs is 1. The third-order valence-electron chi connectivity index (χ3n) is 3.22. The summed E-state index contributed by atoms with van der Waals surface area (Å²) in [7, 11) is 1.31. The zero-order valence-corrected chi connectivity index (χ0v) is 12.7. The van der Waals surface area contributed by atoms with Gasteiger partial charge >= 0.3 is 5.69 Å². The Morgan fingerprint density at radius 2 is 2.00 bits per heavy atom. The number of pyridine rings is 1. The molecule has 0 aliphatic heterocycles. The van der Waals surface area contributed by atoms with Crippen LogP contribution in [0.5, 0.6) is 0 Å². The SMILES string of the molecule is C=CCNc1c(Cl)c(=O)n(C)c2c([N+](=O)[O-])cc([N+](=O)[O-])cc12. The molecule has 0 atom stereocenters. The zero-order chi connectivity index (χ0) is 17.3. The molecule has 0 aliphatic rings. The van der Waals surface area contributed by atoms with Gasteiger partial charge < -0.3 is 9.88 Å². The maximum absolute atomic E-state index is 12.2. The normalized spacial score (nSPS) is 10.5. The topological polar surface area (TPSA) is 120 Å². The second-order valence-electron chi connectivity index (χ2n) is 4.60. The molecule has 1 heterocycles. The van der Waals surface area contributed by atoms with Crippen LogP contribution >= 0.6 is 11.6 Å². The van der Waals surface area contributed by atoms with Gasteiger partial charge in [-0.3, -0.25) is 25.0 Å². The number of hydrogen-bond acceptors (Lipinski definition) is 6. The van der Waals surface area contributed by atoms with Gasteiger partial charge in [0, 0.05) is 25.0 Å². The van der Waals surface area contributed by atoms with E-state index in [2.05, 4.69) is 11.9 Å². The highest BCUT2D eigenvalue weighted by atomic mass is 35.5. The Kier molecular flexibility index (Phi) is 4.32. The highest BCUT2D eigenvalue weighted by Gasteiger charge is 2.25. The van der Waals surface area contributed by atoms with Gasteiger partial charge in [-0.15, -0.1) is 6.58 Å². The maximum Gasteiger partial charge on any atom is 0.300 e. The predicted octanol–water partition coefficient (Wildman–Crippen LogP) is 2.61. The second-order valence-corrected chi connectivity index (χ2v) is 4.98. The average Bonchev–Trinajstić information content (AvgIpc) is 2.51. The molecule has 9 nitrogen and oxygen atoms in total. The molecule has 23 heavy (non-hydrogen) atoms. The van der Waals surface area contributed by atoms with Crippen LogP contribution in [-0.4, -0.2) is 21.0 Å². The molecule has 120 valence electrons. The van der Waals surface area contributed by atoms with Crippen molar-refractivity contribution in [1.29, 1.82) is 0 Å². The number of nitrogens with zero attached hydrogens (tertiary/aromatic N) is 3. The summed E-state index contributed by atoms with van der Waals surface area (Å²) >= 11 is 6.01. The van der Waals surface area contributed by atoms with Crippen molar-refractivity contribution in [3.8, 4) is 0 Å². The van der Waals surface area contributed by atoms with E-state index in [-0.39, 0.29) is 28.2 Å². The minimum Gasteiger partial charge on any atom is -0.380 e. The predicted molar refractivity (Wildman–Crippen MR) is 86.2 cm³/mol. The number of halogens is 1. The lowest BCUT2D eigenvalue weighted by Crippen LogP contribution is -2.20. The number of non-ortho nitro benzene ring substituents is 2. The highest BCUT2D eigenvalue weighted by Crippen LogP contribution is 2.36. The van der Waals surface area contributed by atoms with Crippen molar-refractivity contribution in [1.82, 2.24) is 4.57 Å². The van der Waals surface area contributed by atoms with Crippen molar-refractivity contribution in [2.24, 2.45) is 7.05 Å². The van der Waals surface area contributed by atoms with Crippen LogP contribution in [0, 0.1) is 20.2 Å². The number of aromatic nitrogens is 1. The van der Waals surface area contributed by atoms with Crippen molar-refractivity contribution in [2.75, 3.05) is 11.9 Å².